The van der Waals surface area contributed by atoms with Gasteiger partial charge in [0.2, 0.25) is 12.3 Å². The van der Waals surface area contributed by atoms with Crippen molar-refractivity contribution in [3.8, 4) is 11.5 Å². The van der Waals surface area contributed by atoms with Gasteiger partial charge in [-0.15, -0.1) is 10.2 Å². The number of rotatable bonds is 5. The molecule has 1 fully saturated rings. The van der Waals surface area contributed by atoms with Gasteiger partial charge in [0.05, 0.1) is 5.41 Å². The average Bonchev–Trinajstić information content (AvgIpc) is 3.10. The molecule has 2 N–H and O–H groups in total. The maximum Gasteiger partial charge on any atom is 0.311 e. The summed E-state index contributed by atoms with van der Waals surface area (Å²) >= 11 is 0. The number of amides is 1. The molecule has 0 unspecified atom stereocenters. The number of carboxylic acid groups (broad SMARTS) is 1. The maximum absolute atomic E-state index is 12.0. The maximum atomic E-state index is 12.0. The van der Waals surface area contributed by atoms with Crippen LogP contribution in [-0.4, -0.2) is 33.7 Å². The van der Waals surface area contributed by atoms with Crippen LogP contribution in [0.3, 0.4) is 0 Å². The van der Waals surface area contributed by atoms with Crippen molar-refractivity contribution in [1.29, 1.82) is 0 Å². The summed E-state index contributed by atoms with van der Waals surface area (Å²) in [6.45, 7) is 0.159. The molecule has 1 aliphatic rings. The highest BCUT2D eigenvalue weighted by Gasteiger charge is 2.50. The number of nitrogens with one attached hydrogen (secondary N) is 1. The van der Waals surface area contributed by atoms with Crippen molar-refractivity contribution in [1.82, 2.24) is 15.5 Å². The normalized spacial score (nSPS) is 15.4. The van der Waals surface area contributed by atoms with E-state index in [0.29, 0.717) is 29.9 Å². The second kappa shape index (κ2) is 5.01. The van der Waals surface area contributed by atoms with Crippen LogP contribution in [0.4, 0.5) is 0 Å². The van der Waals surface area contributed by atoms with Gasteiger partial charge in [-0.1, -0.05) is 0 Å². The summed E-state index contributed by atoms with van der Waals surface area (Å²) in [5.74, 6) is -0.765. The van der Waals surface area contributed by atoms with E-state index in [1.807, 2.05) is 0 Å². The molecule has 108 valence electrons. The summed E-state index contributed by atoms with van der Waals surface area (Å²) in [7, 11) is 0. The van der Waals surface area contributed by atoms with Crippen LogP contribution in [0, 0.1) is 5.41 Å². The highest BCUT2D eigenvalue weighted by Crippen LogP contribution is 2.45. The van der Waals surface area contributed by atoms with Crippen LogP contribution >= 0.6 is 0 Å². The Morgan fingerprint density at radius 2 is 2.00 bits per heavy atom. The third-order valence-electron chi connectivity index (χ3n) is 3.65. The molecule has 1 amide bonds. The molecule has 0 bridgehead atoms. The Balaban J connectivity index is 1.64. The lowest BCUT2D eigenvalue weighted by Crippen LogP contribution is -2.34. The topological polar surface area (TPSA) is 105 Å². The number of aliphatic carboxylic acids is 1. The SMILES string of the molecule is O=C(NCC1(C(=O)O)CC1)c1ccc(-c2nnco2)cc1. The predicted molar refractivity (Wildman–Crippen MR) is 71.4 cm³/mol. The fourth-order valence-electron chi connectivity index (χ4n) is 2.03. The Morgan fingerprint density at radius 1 is 1.29 bits per heavy atom. The molecule has 1 aromatic carbocycles. The Bertz CT molecular complexity index is 660. The minimum Gasteiger partial charge on any atom is -0.481 e. The van der Waals surface area contributed by atoms with Crippen LogP contribution in [0.25, 0.3) is 11.5 Å². The van der Waals surface area contributed by atoms with Crippen LogP contribution in [0.5, 0.6) is 0 Å². The van der Waals surface area contributed by atoms with Gasteiger partial charge < -0.3 is 14.8 Å². The number of carboxylic acids is 1. The van der Waals surface area contributed by atoms with Gasteiger partial charge in [0, 0.05) is 17.7 Å². The summed E-state index contributed by atoms with van der Waals surface area (Å²) in [6, 6.07) is 6.67. The first-order chi connectivity index (χ1) is 10.1. The zero-order chi connectivity index (χ0) is 14.9. The monoisotopic (exact) mass is 287 g/mol. The van der Waals surface area contributed by atoms with E-state index in [-0.39, 0.29) is 12.5 Å². The molecule has 1 heterocycles. The van der Waals surface area contributed by atoms with E-state index >= 15 is 0 Å². The molecule has 21 heavy (non-hydrogen) atoms. The first kappa shape index (κ1) is 13.3. The molecule has 3 rings (SSSR count). The molecule has 0 saturated heterocycles. The average molecular weight is 287 g/mol. The lowest BCUT2D eigenvalue weighted by molar-refractivity contribution is -0.143. The van der Waals surface area contributed by atoms with Gasteiger partial charge in [0.1, 0.15) is 0 Å². The molecular weight excluding hydrogens is 274 g/mol. The summed E-state index contributed by atoms with van der Waals surface area (Å²) in [6.07, 6.45) is 2.45. The molecule has 7 nitrogen and oxygen atoms in total. The van der Waals surface area contributed by atoms with Crippen molar-refractivity contribution in [3.05, 3.63) is 36.2 Å². The lowest BCUT2D eigenvalue weighted by atomic mass is 10.1. The number of carbonyl (C=O) groups is 2. The standard InChI is InChI=1S/C14H13N3O4/c18-11(15-7-14(5-6-14)13(19)20)9-1-3-10(4-2-9)12-17-16-8-21-12/h1-4,8H,5-7H2,(H,15,18)(H,19,20). The van der Waals surface area contributed by atoms with E-state index in [0.717, 1.165) is 0 Å². The van der Waals surface area contributed by atoms with Gasteiger partial charge in [-0.05, 0) is 37.1 Å². The Morgan fingerprint density at radius 3 is 2.52 bits per heavy atom. The Labute approximate surface area is 120 Å². The number of nitrogens with zero attached hydrogens (tertiary/aromatic N) is 2. The number of carbonyl (C=O) groups excluding carboxylic acids is 1. The van der Waals surface area contributed by atoms with Gasteiger partial charge in [0.15, 0.2) is 0 Å². The van der Waals surface area contributed by atoms with Gasteiger partial charge in [-0.2, -0.15) is 0 Å². The molecule has 1 saturated carbocycles. The van der Waals surface area contributed by atoms with E-state index in [2.05, 4.69) is 15.5 Å². The van der Waals surface area contributed by atoms with Crippen LogP contribution in [-0.2, 0) is 4.79 Å². The highest BCUT2D eigenvalue weighted by atomic mass is 16.4. The molecule has 0 atom stereocenters. The second-order valence-electron chi connectivity index (χ2n) is 5.09. The fraction of sp³-hybridized carbons (Fsp3) is 0.286. The van der Waals surface area contributed by atoms with E-state index < -0.39 is 11.4 Å². The summed E-state index contributed by atoms with van der Waals surface area (Å²) in [4.78, 5) is 23.0. The lowest BCUT2D eigenvalue weighted by Gasteiger charge is -2.11. The Kier molecular flexibility index (Phi) is 3.17. The molecule has 0 aliphatic heterocycles. The number of benzene rings is 1. The second-order valence-corrected chi connectivity index (χ2v) is 5.09. The third-order valence-corrected chi connectivity index (χ3v) is 3.65. The molecule has 0 spiro atoms. The first-order valence-electron chi connectivity index (χ1n) is 6.49. The van der Waals surface area contributed by atoms with E-state index in [1.54, 1.807) is 24.3 Å². The third kappa shape index (κ3) is 2.62. The van der Waals surface area contributed by atoms with Crippen molar-refractivity contribution < 1.29 is 19.1 Å². The van der Waals surface area contributed by atoms with E-state index in [4.69, 9.17) is 9.52 Å². The van der Waals surface area contributed by atoms with Crippen molar-refractivity contribution >= 4 is 11.9 Å². The minimum atomic E-state index is -0.852. The highest BCUT2D eigenvalue weighted by molar-refractivity contribution is 5.95. The van der Waals surface area contributed by atoms with Crippen molar-refractivity contribution in [2.45, 2.75) is 12.8 Å². The molecule has 7 heteroatoms. The fourth-order valence-corrected chi connectivity index (χ4v) is 2.03. The summed E-state index contributed by atoms with van der Waals surface area (Å²) in [5, 5.41) is 19.1. The van der Waals surface area contributed by atoms with E-state index in [9.17, 15) is 9.59 Å². The minimum absolute atomic E-state index is 0.159. The largest absolute Gasteiger partial charge is 0.481 e. The smallest absolute Gasteiger partial charge is 0.311 e. The first-order valence-corrected chi connectivity index (χ1v) is 6.49. The molecule has 1 aliphatic carbocycles. The van der Waals surface area contributed by atoms with Gasteiger partial charge in [-0.25, -0.2) is 0 Å². The number of aromatic nitrogens is 2. The van der Waals surface area contributed by atoms with Crippen LogP contribution in [0.15, 0.2) is 35.1 Å². The molecule has 1 aromatic heterocycles. The van der Waals surface area contributed by atoms with Crippen molar-refractivity contribution in [3.63, 3.8) is 0 Å². The van der Waals surface area contributed by atoms with Crippen molar-refractivity contribution in [2.24, 2.45) is 5.41 Å². The molecule has 0 radical (unpaired) electrons. The van der Waals surface area contributed by atoms with Crippen LogP contribution in [0.2, 0.25) is 0 Å². The van der Waals surface area contributed by atoms with E-state index in [1.165, 1.54) is 6.39 Å². The zero-order valence-electron chi connectivity index (χ0n) is 11.1. The van der Waals surface area contributed by atoms with Gasteiger partial charge in [0.25, 0.3) is 5.91 Å². The summed E-state index contributed by atoms with van der Waals surface area (Å²) in [5.41, 5.74) is 0.409. The zero-order valence-corrected chi connectivity index (χ0v) is 11.1. The number of hydrogen-bond donors (Lipinski definition) is 2. The van der Waals surface area contributed by atoms with Crippen molar-refractivity contribution in [2.75, 3.05) is 6.54 Å². The van der Waals surface area contributed by atoms with Crippen LogP contribution in [0.1, 0.15) is 23.2 Å². The molecule has 2 aromatic rings. The number of hydrogen-bond acceptors (Lipinski definition) is 5. The van der Waals surface area contributed by atoms with Crippen LogP contribution < -0.4 is 5.32 Å². The van der Waals surface area contributed by atoms with Gasteiger partial charge in [-0.3, -0.25) is 9.59 Å². The Hall–Kier alpha value is -2.70. The predicted octanol–water partition coefficient (Wildman–Crippen LogP) is 1.33. The summed E-state index contributed by atoms with van der Waals surface area (Å²) < 4.78 is 5.06. The molecular formula is C14H13N3O4. The van der Waals surface area contributed by atoms with Gasteiger partial charge >= 0.3 is 5.97 Å². The quantitative estimate of drug-likeness (QED) is 0.859.